The predicted molar refractivity (Wildman–Crippen MR) is 35.0 cm³/mol. The maximum atomic E-state index is 10.8. The van der Waals surface area contributed by atoms with Gasteiger partial charge in [0.05, 0.1) is 18.4 Å². The van der Waals surface area contributed by atoms with Gasteiger partial charge in [-0.05, 0) is 0 Å². The number of hydrogen-bond acceptors (Lipinski definition) is 5. The maximum absolute atomic E-state index is 10.8. The van der Waals surface area contributed by atoms with E-state index in [0.717, 1.165) is 10.9 Å². The summed E-state index contributed by atoms with van der Waals surface area (Å²) in [5.41, 5.74) is -0.529. The van der Waals surface area contributed by atoms with E-state index >= 15 is 0 Å². The fourth-order valence-corrected chi connectivity index (χ4v) is 0.565. The molecule has 1 aromatic heterocycles. The zero-order chi connectivity index (χ0) is 8.97. The fraction of sp³-hybridized carbons (Fsp3) is 0.167. The van der Waals surface area contributed by atoms with Crippen molar-refractivity contribution in [1.29, 1.82) is 0 Å². The topological polar surface area (TPSA) is 84.2 Å². The van der Waals surface area contributed by atoms with Crippen LogP contribution in [0.15, 0.2) is 23.4 Å². The molecule has 0 aromatic carbocycles. The van der Waals surface area contributed by atoms with Crippen molar-refractivity contribution in [3.05, 3.63) is 28.9 Å². The summed E-state index contributed by atoms with van der Waals surface area (Å²) in [6, 6.07) is 0. The monoisotopic (exact) mass is 208 g/mol. The number of hydrogen-bond donors (Lipinski definition) is 0. The van der Waals surface area contributed by atoms with Crippen LogP contribution in [0.4, 0.5) is 0 Å². The molecule has 1 rings (SSSR count). The Morgan fingerprint density at radius 3 is 2.92 bits per heavy atom. The Bertz CT molecular complexity index is 337. The molecule has 0 unspecified atom stereocenters. The van der Waals surface area contributed by atoms with Crippen molar-refractivity contribution < 1.29 is 66.1 Å². The fourth-order valence-electron chi connectivity index (χ4n) is 0.565. The number of carboxylic acid groups (broad SMARTS) is 1. The molecule has 0 aliphatic carbocycles. The first-order valence-electron chi connectivity index (χ1n) is 3.06. The smallest absolute Gasteiger partial charge is 0.546 e. The van der Waals surface area contributed by atoms with Crippen molar-refractivity contribution in [1.82, 2.24) is 9.71 Å². The van der Waals surface area contributed by atoms with Gasteiger partial charge in [0.1, 0.15) is 0 Å². The molecule has 0 amide bonds. The van der Waals surface area contributed by atoms with Crippen LogP contribution in [0.5, 0.6) is 0 Å². The predicted octanol–water partition coefficient (Wildman–Crippen LogP) is -5.57. The van der Waals surface area contributed by atoms with Crippen LogP contribution in [0, 0.1) is 0 Å². The van der Waals surface area contributed by atoms with Gasteiger partial charge in [-0.1, -0.05) is 0 Å². The van der Waals surface area contributed by atoms with Crippen molar-refractivity contribution in [2.75, 3.05) is 6.61 Å². The summed E-state index contributed by atoms with van der Waals surface area (Å²) in [5.74, 6) is -1.39. The second kappa shape index (κ2) is 6.27. The summed E-state index contributed by atoms with van der Waals surface area (Å²) in [6.45, 7) is -0.663. The molecule has 0 saturated heterocycles. The van der Waals surface area contributed by atoms with E-state index < -0.39 is 18.1 Å². The first-order valence-corrected chi connectivity index (χ1v) is 3.06. The minimum Gasteiger partial charge on any atom is -0.546 e. The second-order valence-corrected chi connectivity index (χ2v) is 1.89. The molecule has 0 saturated carbocycles. The number of nitrogens with zero attached hydrogens (tertiary/aromatic N) is 2. The number of carbonyl (C=O) groups is 1. The Labute approximate surface area is 116 Å². The summed E-state index contributed by atoms with van der Waals surface area (Å²) in [7, 11) is 0. The van der Waals surface area contributed by atoms with Gasteiger partial charge < -0.3 is 14.7 Å². The molecular weight excluding hydrogens is 203 g/mol. The van der Waals surface area contributed by atoms with Crippen LogP contribution in [0.3, 0.4) is 0 Å². The maximum Gasteiger partial charge on any atom is 1.00 e. The Hall–Kier alpha value is -0.214. The molecule has 0 aliphatic rings. The molecule has 1 aromatic rings. The van der Waals surface area contributed by atoms with Gasteiger partial charge in [-0.2, -0.15) is 0 Å². The molecule has 0 N–H and O–H groups in total. The third-order valence-corrected chi connectivity index (χ3v) is 1.01. The van der Waals surface area contributed by atoms with Crippen LogP contribution in [0.25, 0.3) is 0 Å². The minimum atomic E-state index is -1.39. The minimum absolute atomic E-state index is 0. The molecule has 0 spiro atoms. The summed E-state index contributed by atoms with van der Waals surface area (Å²) in [5, 5.41) is 9.92. The first-order chi connectivity index (χ1) is 5.70. The van der Waals surface area contributed by atoms with E-state index in [-0.39, 0.29) is 51.4 Å². The van der Waals surface area contributed by atoms with Gasteiger partial charge in [0.25, 0.3) is 0 Å². The van der Waals surface area contributed by atoms with Gasteiger partial charge in [-0.15, -0.1) is 4.73 Å². The SMILES string of the molecule is O=C([O-])COn1ccncc1=O.[K+]. The van der Waals surface area contributed by atoms with Crippen LogP contribution in [-0.4, -0.2) is 22.3 Å². The van der Waals surface area contributed by atoms with Crippen LogP contribution in [-0.2, 0) is 4.79 Å². The van der Waals surface area contributed by atoms with Gasteiger partial charge in [0, 0.05) is 6.20 Å². The van der Waals surface area contributed by atoms with E-state index in [0.29, 0.717) is 0 Å². The molecule has 7 heteroatoms. The third kappa shape index (κ3) is 4.53. The Balaban J connectivity index is 0.00000144. The van der Waals surface area contributed by atoms with Crippen molar-refractivity contribution in [3.63, 3.8) is 0 Å². The summed E-state index contributed by atoms with van der Waals surface area (Å²) >= 11 is 0. The van der Waals surface area contributed by atoms with E-state index in [9.17, 15) is 14.7 Å². The molecule has 64 valence electrons. The van der Waals surface area contributed by atoms with Crippen LogP contribution < -0.4 is 66.9 Å². The number of rotatable bonds is 3. The Kier molecular flexibility index (Phi) is 6.17. The second-order valence-electron chi connectivity index (χ2n) is 1.89. The largest absolute Gasteiger partial charge is 1.00 e. The normalized spacial score (nSPS) is 8.62. The average molecular weight is 208 g/mol. The molecule has 0 bridgehead atoms. The zero-order valence-corrected chi connectivity index (χ0v) is 10.1. The van der Waals surface area contributed by atoms with E-state index in [1.807, 2.05) is 0 Å². The van der Waals surface area contributed by atoms with E-state index in [2.05, 4.69) is 9.82 Å². The number of carboxylic acids is 1. The van der Waals surface area contributed by atoms with Gasteiger partial charge in [0.2, 0.25) is 0 Å². The first kappa shape index (κ1) is 12.8. The van der Waals surface area contributed by atoms with Gasteiger partial charge in [-0.25, -0.2) is 0 Å². The molecule has 1 heterocycles. The quantitative estimate of drug-likeness (QED) is 0.462. The van der Waals surface area contributed by atoms with Crippen LogP contribution >= 0.6 is 0 Å². The average Bonchev–Trinajstić information content (AvgIpc) is 2.03. The third-order valence-electron chi connectivity index (χ3n) is 1.01. The summed E-state index contributed by atoms with van der Waals surface area (Å²) in [6.07, 6.45) is 3.53. The summed E-state index contributed by atoms with van der Waals surface area (Å²) in [4.78, 5) is 28.7. The van der Waals surface area contributed by atoms with Crippen LogP contribution in [0.1, 0.15) is 0 Å². The molecule has 6 nitrogen and oxygen atoms in total. The summed E-state index contributed by atoms with van der Waals surface area (Å²) < 4.78 is 0.767. The molecule has 0 aliphatic heterocycles. The standard InChI is InChI=1S/C6H6N2O4.K/c9-5-3-7-1-2-8(5)12-4-6(10)11;/h1-3H,4H2,(H,10,11);/q;+1/p-1. The number of aromatic nitrogens is 2. The Morgan fingerprint density at radius 2 is 2.38 bits per heavy atom. The van der Waals surface area contributed by atoms with Crippen molar-refractivity contribution in [2.24, 2.45) is 0 Å². The van der Waals surface area contributed by atoms with E-state index in [1.165, 1.54) is 12.4 Å². The van der Waals surface area contributed by atoms with E-state index in [4.69, 9.17) is 0 Å². The number of carbonyl (C=O) groups excluding carboxylic acids is 1. The van der Waals surface area contributed by atoms with Gasteiger partial charge in [-0.3, -0.25) is 9.78 Å². The molecule has 13 heavy (non-hydrogen) atoms. The molecular formula is C6H5KN2O4. The molecule has 0 fully saturated rings. The van der Waals surface area contributed by atoms with Gasteiger partial charge in [0.15, 0.2) is 6.61 Å². The van der Waals surface area contributed by atoms with Crippen molar-refractivity contribution in [3.8, 4) is 0 Å². The van der Waals surface area contributed by atoms with Crippen molar-refractivity contribution in [2.45, 2.75) is 0 Å². The number of aliphatic carboxylic acids is 1. The Morgan fingerprint density at radius 1 is 1.69 bits per heavy atom. The van der Waals surface area contributed by atoms with E-state index in [1.54, 1.807) is 0 Å². The van der Waals surface area contributed by atoms with Crippen LogP contribution in [0.2, 0.25) is 0 Å². The van der Waals surface area contributed by atoms with Gasteiger partial charge >= 0.3 is 56.9 Å². The molecule has 0 radical (unpaired) electrons. The van der Waals surface area contributed by atoms with Crippen molar-refractivity contribution >= 4 is 5.97 Å². The zero-order valence-electron chi connectivity index (χ0n) is 6.97. The molecule has 0 atom stereocenters.